The Balaban J connectivity index is 1.62. The van der Waals surface area contributed by atoms with Gasteiger partial charge < -0.3 is 10.1 Å². The van der Waals surface area contributed by atoms with Crippen molar-refractivity contribution in [3.8, 4) is 11.3 Å². The van der Waals surface area contributed by atoms with Crippen molar-refractivity contribution >= 4 is 28.3 Å². The number of amides is 1. The van der Waals surface area contributed by atoms with Crippen LogP contribution < -0.4 is 5.32 Å². The lowest BCUT2D eigenvalue weighted by molar-refractivity contribution is -0.146. The van der Waals surface area contributed by atoms with Gasteiger partial charge in [-0.25, -0.2) is 13.8 Å². The molecule has 0 saturated carbocycles. The van der Waals surface area contributed by atoms with Crippen molar-refractivity contribution in [2.45, 2.75) is 18.9 Å². The molecule has 1 atom stereocenters. The molecule has 1 unspecified atom stereocenters. The Morgan fingerprint density at radius 1 is 1.38 bits per heavy atom. The number of thiazole rings is 1. The summed E-state index contributed by atoms with van der Waals surface area (Å²) in [6.45, 7) is 0.699. The molecule has 26 heavy (non-hydrogen) atoms. The normalized spacial score (nSPS) is 17.3. The number of benzene rings is 1. The lowest BCUT2D eigenvalue weighted by atomic mass is 10.2. The lowest BCUT2D eigenvalue weighted by Gasteiger charge is -2.21. The van der Waals surface area contributed by atoms with Crippen molar-refractivity contribution < 1.29 is 23.1 Å². The highest BCUT2D eigenvalue weighted by molar-refractivity contribution is 7.14. The van der Waals surface area contributed by atoms with E-state index in [4.69, 9.17) is 4.74 Å². The summed E-state index contributed by atoms with van der Waals surface area (Å²) in [6, 6.07) is 3.10. The molecule has 2 heterocycles. The third-order valence-corrected chi connectivity index (χ3v) is 4.91. The van der Waals surface area contributed by atoms with Crippen molar-refractivity contribution in [3.63, 3.8) is 0 Å². The molecule has 138 valence electrons. The number of carbonyl (C=O) groups is 2. The van der Waals surface area contributed by atoms with E-state index >= 15 is 0 Å². The monoisotopic (exact) mass is 381 g/mol. The van der Waals surface area contributed by atoms with Crippen LogP contribution in [0.1, 0.15) is 12.8 Å². The van der Waals surface area contributed by atoms with Crippen molar-refractivity contribution in [2.75, 3.05) is 25.5 Å². The van der Waals surface area contributed by atoms with Crippen LogP contribution in [0.5, 0.6) is 0 Å². The quantitative estimate of drug-likeness (QED) is 0.807. The molecule has 6 nitrogen and oxygen atoms in total. The van der Waals surface area contributed by atoms with Gasteiger partial charge in [-0.05, 0) is 37.6 Å². The molecule has 0 bridgehead atoms. The Hall–Kier alpha value is -2.39. The van der Waals surface area contributed by atoms with Gasteiger partial charge in [0.05, 0.1) is 19.3 Å². The molecule has 1 saturated heterocycles. The molecule has 9 heteroatoms. The summed E-state index contributed by atoms with van der Waals surface area (Å²) in [5.74, 6) is -2.52. The molecule has 1 amide bonds. The van der Waals surface area contributed by atoms with E-state index in [-0.39, 0.29) is 18.4 Å². The Morgan fingerprint density at radius 3 is 2.92 bits per heavy atom. The van der Waals surface area contributed by atoms with Gasteiger partial charge in [0.2, 0.25) is 5.91 Å². The molecule has 0 radical (unpaired) electrons. The van der Waals surface area contributed by atoms with E-state index < -0.39 is 17.7 Å². The number of hydrogen-bond acceptors (Lipinski definition) is 6. The zero-order valence-electron chi connectivity index (χ0n) is 14.0. The first-order chi connectivity index (χ1) is 12.5. The predicted octanol–water partition coefficient (Wildman–Crippen LogP) is 2.66. The topological polar surface area (TPSA) is 71.5 Å². The third kappa shape index (κ3) is 4.05. The Kier molecular flexibility index (Phi) is 5.58. The fourth-order valence-corrected chi connectivity index (χ4v) is 3.62. The smallest absolute Gasteiger partial charge is 0.323 e. The van der Waals surface area contributed by atoms with Crippen LogP contribution in [-0.2, 0) is 14.3 Å². The van der Waals surface area contributed by atoms with Crippen molar-refractivity contribution in [3.05, 3.63) is 35.2 Å². The van der Waals surface area contributed by atoms with E-state index in [9.17, 15) is 18.4 Å². The van der Waals surface area contributed by atoms with Crippen LogP contribution in [0.2, 0.25) is 0 Å². The van der Waals surface area contributed by atoms with Gasteiger partial charge in [0.25, 0.3) is 0 Å². The summed E-state index contributed by atoms with van der Waals surface area (Å²) in [5.41, 5.74) is 0.865. The van der Waals surface area contributed by atoms with E-state index in [0.717, 1.165) is 18.6 Å². The maximum atomic E-state index is 13.3. The van der Waals surface area contributed by atoms with Gasteiger partial charge in [0.1, 0.15) is 6.04 Å². The molecule has 1 aromatic carbocycles. The summed E-state index contributed by atoms with van der Waals surface area (Å²) in [7, 11) is 1.33. The number of hydrogen-bond donors (Lipinski definition) is 1. The third-order valence-electron chi connectivity index (χ3n) is 4.15. The van der Waals surface area contributed by atoms with Gasteiger partial charge in [-0.3, -0.25) is 14.5 Å². The van der Waals surface area contributed by atoms with E-state index in [1.54, 1.807) is 10.3 Å². The van der Waals surface area contributed by atoms with E-state index in [2.05, 4.69) is 10.3 Å². The summed E-state index contributed by atoms with van der Waals surface area (Å²) in [5, 5.41) is 4.67. The highest BCUT2D eigenvalue weighted by atomic mass is 32.1. The maximum Gasteiger partial charge on any atom is 0.323 e. The minimum absolute atomic E-state index is 0.0554. The van der Waals surface area contributed by atoms with Gasteiger partial charge in [-0.15, -0.1) is 11.3 Å². The van der Waals surface area contributed by atoms with Gasteiger partial charge in [-0.1, -0.05) is 0 Å². The van der Waals surface area contributed by atoms with Gasteiger partial charge in [-0.2, -0.15) is 0 Å². The van der Waals surface area contributed by atoms with E-state index in [1.807, 2.05) is 0 Å². The van der Waals surface area contributed by atoms with Crippen LogP contribution in [-0.4, -0.2) is 48.0 Å². The standard InChI is InChI=1S/C17H17F2N3O3S/c1-25-16(24)14-3-2-6-22(14)8-15(23)21-17-20-13(9-26-17)10-4-5-11(18)12(19)7-10/h4-5,7,9,14H,2-3,6,8H2,1H3,(H,20,21,23). The molecule has 1 N–H and O–H groups in total. The number of nitrogens with zero attached hydrogens (tertiary/aromatic N) is 2. The molecule has 0 aliphatic carbocycles. The second kappa shape index (κ2) is 7.88. The van der Waals surface area contributed by atoms with Crippen molar-refractivity contribution in [1.29, 1.82) is 0 Å². The van der Waals surface area contributed by atoms with Crippen LogP contribution in [0.15, 0.2) is 23.6 Å². The molecule has 2 aromatic rings. The van der Waals surface area contributed by atoms with Gasteiger partial charge >= 0.3 is 5.97 Å². The molecule has 3 rings (SSSR count). The lowest BCUT2D eigenvalue weighted by Crippen LogP contribution is -2.41. The number of carbonyl (C=O) groups excluding carboxylic acids is 2. The first-order valence-electron chi connectivity index (χ1n) is 8.00. The first kappa shape index (κ1) is 18.4. The minimum atomic E-state index is -0.955. The van der Waals surface area contributed by atoms with Crippen LogP contribution in [0.4, 0.5) is 13.9 Å². The molecule has 1 fully saturated rings. The second-order valence-electron chi connectivity index (χ2n) is 5.87. The molecule has 1 aliphatic heterocycles. The summed E-state index contributed by atoms with van der Waals surface area (Å²) < 4.78 is 31.1. The molecule has 0 spiro atoms. The van der Waals surface area contributed by atoms with Crippen molar-refractivity contribution in [2.24, 2.45) is 0 Å². The largest absolute Gasteiger partial charge is 0.468 e. The number of ether oxygens (including phenoxy) is 1. The number of methoxy groups -OCH3 is 1. The summed E-state index contributed by atoms with van der Waals surface area (Å²) in [4.78, 5) is 29.9. The average Bonchev–Trinajstić information content (AvgIpc) is 3.26. The SMILES string of the molecule is COC(=O)C1CCCN1CC(=O)Nc1nc(-c2ccc(F)c(F)c2)cs1. The Bertz CT molecular complexity index is 827. The Morgan fingerprint density at radius 2 is 2.19 bits per heavy atom. The van der Waals surface area contributed by atoms with E-state index in [1.165, 1.54) is 24.5 Å². The molecular formula is C17H17F2N3O3S. The maximum absolute atomic E-state index is 13.3. The fourth-order valence-electron chi connectivity index (χ4n) is 2.88. The van der Waals surface area contributed by atoms with Gasteiger partial charge in [0, 0.05) is 10.9 Å². The van der Waals surface area contributed by atoms with Gasteiger partial charge in [0.15, 0.2) is 16.8 Å². The average molecular weight is 381 g/mol. The number of likely N-dealkylation sites (tertiary alicyclic amines) is 1. The summed E-state index contributed by atoms with van der Waals surface area (Å²) in [6.07, 6.45) is 1.49. The molecular weight excluding hydrogens is 364 g/mol. The Labute approximate surface area is 152 Å². The highest BCUT2D eigenvalue weighted by Crippen LogP contribution is 2.26. The summed E-state index contributed by atoms with van der Waals surface area (Å²) >= 11 is 1.18. The van der Waals surface area contributed by atoms with Crippen LogP contribution >= 0.6 is 11.3 Å². The second-order valence-corrected chi connectivity index (χ2v) is 6.72. The van der Waals surface area contributed by atoms with Crippen LogP contribution in [0.25, 0.3) is 11.3 Å². The fraction of sp³-hybridized carbons (Fsp3) is 0.353. The molecule has 1 aromatic heterocycles. The predicted molar refractivity (Wildman–Crippen MR) is 92.7 cm³/mol. The molecule has 1 aliphatic rings. The zero-order valence-corrected chi connectivity index (χ0v) is 14.8. The number of anilines is 1. The number of nitrogens with one attached hydrogen (secondary N) is 1. The highest BCUT2D eigenvalue weighted by Gasteiger charge is 2.32. The minimum Gasteiger partial charge on any atom is -0.468 e. The number of esters is 1. The zero-order chi connectivity index (χ0) is 18.7. The van der Waals surface area contributed by atoms with E-state index in [0.29, 0.717) is 29.4 Å². The number of aromatic nitrogens is 1. The number of halogens is 2. The van der Waals surface area contributed by atoms with Crippen molar-refractivity contribution in [1.82, 2.24) is 9.88 Å². The van der Waals surface area contributed by atoms with Crippen LogP contribution in [0, 0.1) is 11.6 Å². The first-order valence-corrected chi connectivity index (χ1v) is 8.88. The van der Waals surface area contributed by atoms with Crippen LogP contribution in [0.3, 0.4) is 0 Å². The number of rotatable bonds is 5.